The number of anilines is 1. The lowest BCUT2D eigenvalue weighted by atomic mass is 9.90. The van der Waals surface area contributed by atoms with Gasteiger partial charge in [-0.15, -0.1) is 0 Å². The first-order chi connectivity index (χ1) is 12.7. The van der Waals surface area contributed by atoms with Crippen LogP contribution in [0.25, 0.3) is 0 Å². The van der Waals surface area contributed by atoms with E-state index < -0.39 is 36.2 Å². The van der Waals surface area contributed by atoms with Gasteiger partial charge < -0.3 is 25.6 Å². The van der Waals surface area contributed by atoms with E-state index in [1.165, 1.54) is 11.8 Å². The molecule has 0 aliphatic heterocycles. The number of hydrogen-bond acceptors (Lipinski definition) is 6. The van der Waals surface area contributed by atoms with Crippen LogP contribution >= 0.6 is 0 Å². The zero-order valence-corrected chi connectivity index (χ0v) is 15.3. The molecule has 0 amide bonds. The molecule has 0 aromatic heterocycles. The molecule has 2 aromatic carbocycles. The molecule has 0 bridgehead atoms. The van der Waals surface area contributed by atoms with Gasteiger partial charge in [0.15, 0.2) is 6.04 Å². The second-order valence-corrected chi connectivity index (χ2v) is 6.49. The Morgan fingerprint density at radius 1 is 1.11 bits per heavy atom. The van der Waals surface area contributed by atoms with Crippen LogP contribution in [0.2, 0.25) is 0 Å². The third kappa shape index (κ3) is 4.84. The third-order valence-electron chi connectivity index (χ3n) is 4.41. The fourth-order valence-electron chi connectivity index (χ4n) is 2.60. The number of carbonyl (C=O) groups is 2. The number of carboxylic acids is 1. The lowest BCUT2D eigenvalue weighted by Crippen LogP contribution is -2.53. The van der Waals surface area contributed by atoms with Crippen molar-refractivity contribution in [3.05, 3.63) is 66.2 Å². The topological polar surface area (TPSA) is 113 Å². The van der Waals surface area contributed by atoms with Crippen molar-refractivity contribution in [1.29, 1.82) is 0 Å². The molecule has 0 aliphatic rings. The summed E-state index contributed by atoms with van der Waals surface area (Å²) < 4.78 is 5.17. The van der Waals surface area contributed by atoms with Gasteiger partial charge in [0.05, 0.1) is 0 Å². The average Bonchev–Trinajstić information content (AvgIpc) is 2.68. The number of esters is 1. The largest absolute Gasteiger partial charge is 0.480 e. The predicted molar refractivity (Wildman–Crippen MR) is 101 cm³/mol. The SMILES string of the molecule is CN(c1ccccc1)[C@@H](COC(=O)C(C)(N)C(O)c1ccccc1)C(=O)O. The number of nitrogens with zero attached hydrogens (tertiary/aromatic N) is 1. The smallest absolute Gasteiger partial charge is 0.329 e. The molecule has 27 heavy (non-hydrogen) atoms. The van der Waals surface area contributed by atoms with E-state index in [0.29, 0.717) is 11.3 Å². The maximum atomic E-state index is 12.4. The van der Waals surface area contributed by atoms with Crippen LogP contribution in [0, 0.1) is 0 Å². The van der Waals surface area contributed by atoms with Crippen molar-refractivity contribution in [2.24, 2.45) is 5.73 Å². The van der Waals surface area contributed by atoms with Gasteiger partial charge in [-0.05, 0) is 24.6 Å². The Balaban J connectivity index is 2.08. The van der Waals surface area contributed by atoms with Gasteiger partial charge in [0, 0.05) is 12.7 Å². The molecule has 2 unspecified atom stereocenters. The molecule has 2 rings (SSSR count). The van der Waals surface area contributed by atoms with Gasteiger partial charge in [-0.1, -0.05) is 48.5 Å². The van der Waals surface area contributed by atoms with Crippen LogP contribution in [0.5, 0.6) is 0 Å². The number of likely N-dealkylation sites (N-methyl/N-ethyl adjacent to an activating group) is 1. The molecule has 0 aliphatic carbocycles. The van der Waals surface area contributed by atoms with Crippen molar-refractivity contribution < 1.29 is 24.5 Å². The normalized spacial score (nSPS) is 15.3. The average molecular weight is 372 g/mol. The molecule has 7 heteroatoms. The fraction of sp³-hybridized carbons (Fsp3) is 0.300. The van der Waals surface area contributed by atoms with Crippen molar-refractivity contribution in [3.63, 3.8) is 0 Å². The van der Waals surface area contributed by atoms with E-state index in [2.05, 4.69) is 0 Å². The zero-order chi connectivity index (χ0) is 20.0. The monoisotopic (exact) mass is 372 g/mol. The van der Waals surface area contributed by atoms with E-state index in [1.807, 2.05) is 6.07 Å². The first-order valence-electron chi connectivity index (χ1n) is 8.45. The molecule has 0 fully saturated rings. The fourth-order valence-corrected chi connectivity index (χ4v) is 2.60. The molecular weight excluding hydrogens is 348 g/mol. The van der Waals surface area contributed by atoms with E-state index in [9.17, 15) is 19.8 Å². The Kier molecular flexibility index (Phi) is 6.55. The number of benzene rings is 2. The number of hydrogen-bond donors (Lipinski definition) is 3. The molecule has 2 aromatic rings. The van der Waals surface area contributed by atoms with Gasteiger partial charge in [0.25, 0.3) is 0 Å². The van der Waals surface area contributed by atoms with Gasteiger partial charge in [-0.25, -0.2) is 9.59 Å². The summed E-state index contributed by atoms with van der Waals surface area (Å²) in [4.78, 5) is 25.6. The summed E-state index contributed by atoms with van der Waals surface area (Å²) in [5.41, 5.74) is 5.41. The van der Waals surface area contributed by atoms with E-state index in [1.54, 1.807) is 61.6 Å². The second kappa shape index (κ2) is 8.66. The van der Waals surface area contributed by atoms with Gasteiger partial charge in [0.1, 0.15) is 18.2 Å². The van der Waals surface area contributed by atoms with Crippen molar-refractivity contribution >= 4 is 17.6 Å². The summed E-state index contributed by atoms with van der Waals surface area (Å²) in [6, 6.07) is 16.3. The molecule has 144 valence electrons. The number of aliphatic hydroxyl groups is 1. The maximum Gasteiger partial charge on any atom is 0.329 e. The second-order valence-electron chi connectivity index (χ2n) is 6.49. The number of carbonyl (C=O) groups excluding carboxylic acids is 1. The first kappa shape index (κ1) is 20.4. The molecule has 3 atom stereocenters. The summed E-state index contributed by atoms with van der Waals surface area (Å²) in [6.07, 6.45) is -1.29. The molecule has 0 heterocycles. The summed E-state index contributed by atoms with van der Waals surface area (Å²) in [5, 5.41) is 19.9. The molecule has 0 saturated heterocycles. The Morgan fingerprint density at radius 3 is 2.15 bits per heavy atom. The van der Waals surface area contributed by atoms with Crippen LogP contribution in [0.3, 0.4) is 0 Å². The molecule has 0 radical (unpaired) electrons. The van der Waals surface area contributed by atoms with Crippen molar-refractivity contribution in [2.75, 3.05) is 18.6 Å². The summed E-state index contributed by atoms with van der Waals surface area (Å²) in [5.74, 6) is -2.02. The molecule has 0 spiro atoms. The Hall–Kier alpha value is -2.90. The first-order valence-corrected chi connectivity index (χ1v) is 8.45. The number of rotatable bonds is 8. The molecular formula is C20H24N2O5. The highest BCUT2D eigenvalue weighted by Crippen LogP contribution is 2.25. The van der Waals surface area contributed by atoms with E-state index in [4.69, 9.17) is 10.5 Å². The van der Waals surface area contributed by atoms with E-state index >= 15 is 0 Å². The zero-order valence-electron chi connectivity index (χ0n) is 15.3. The van der Waals surface area contributed by atoms with Crippen molar-refractivity contribution in [2.45, 2.75) is 24.6 Å². The summed E-state index contributed by atoms with van der Waals surface area (Å²) >= 11 is 0. The molecule has 4 N–H and O–H groups in total. The molecule has 7 nitrogen and oxygen atoms in total. The van der Waals surface area contributed by atoms with Crippen LogP contribution in [0.4, 0.5) is 5.69 Å². The van der Waals surface area contributed by atoms with E-state index in [-0.39, 0.29) is 0 Å². The standard InChI is InChI=1S/C20H24N2O5/c1-20(21,17(23)14-9-5-3-6-10-14)19(26)27-13-16(18(24)25)22(2)15-11-7-4-8-12-15/h3-12,16-17,23H,13,21H2,1-2H3,(H,24,25)/t16-,17?,20?/m0/s1. The van der Waals surface area contributed by atoms with E-state index in [0.717, 1.165) is 0 Å². The van der Waals surface area contributed by atoms with Crippen LogP contribution in [-0.4, -0.2) is 47.4 Å². The Labute approximate surface area is 158 Å². The lowest BCUT2D eigenvalue weighted by molar-refractivity contribution is -0.156. The lowest BCUT2D eigenvalue weighted by Gasteiger charge is -2.31. The van der Waals surface area contributed by atoms with Crippen LogP contribution in [0.1, 0.15) is 18.6 Å². The minimum absolute atomic E-state index is 0.409. The minimum Gasteiger partial charge on any atom is -0.480 e. The predicted octanol–water partition coefficient (Wildman–Crippen LogP) is 1.57. The van der Waals surface area contributed by atoms with Crippen LogP contribution < -0.4 is 10.6 Å². The van der Waals surface area contributed by atoms with Crippen LogP contribution in [0.15, 0.2) is 60.7 Å². The maximum absolute atomic E-state index is 12.4. The minimum atomic E-state index is -1.73. The Bertz CT molecular complexity index is 764. The van der Waals surface area contributed by atoms with Gasteiger partial charge in [-0.3, -0.25) is 0 Å². The number of nitrogens with two attached hydrogens (primary N) is 1. The van der Waals surface area contributed by atoms with Crippen molar-refractivity contribution in [3.8, 4) is 0 Å². The number of aliphatic carboxylic acids is 1. The van der Waals surface area contributed by atoms with Gasteiger partial charge in [0.2, 0.25) is 0 Å². The van der Waals surface area contributed by atoms with Crippen molar-refractivity contribution in [1.82, 2.24) is 0 Å². The molecule has 0 saturated carbocycles. The quantitative estimate of drug-likeness (QED) is 0.603. The van der Waals surface area contributed by atoms with Gasteiger partial charge >= 0.3 is 11.9 Å². The summed E-state index contributed by atoms with van der Waals surface area (Å²) in [7, 11) is 1.60. The Morgan fingerprint density at radius 2 is 1.63 bits per heavy atom. The number of ether oxygens (including phenoxy) is 1. The summed E-state index contributed by atoms with van der Waals surface area (Å²) in [6.45, 7) is 0.942. The number of aliphatic hydroxyl groups excluding tert-OH is 1. The number of carboxylic acid groups (broad SMARTS) is 1. The van der Waals surface area contributed by atoms with Crippen LogP contribution in [-0.2, 0) is 14.3 Å². The number of para-hydroxylation sites is 1. The van der Waals surface area contributed by atoms with Gasteiger partial charge in [-0.2, -0.15) is 0 Å². The highest BCUT2D eigenvalue weighted by molar-refractivity contribution is 5.83. The highest BCUT2D eigenvalue weighted by Gasteiger charge is 2.40. The third-order valence-corrected chi connectivity index (χ3v) is 4.41. The highest BCUT2D eigenvalue weighted by atomic mass is 16.5.